The van der Waals surface area contributed by atoms with Gasteiger partial charge in [-0.2, -0.15) is 19.4 Å². The van der Waals surface area contributed by atoms with Crippen molar-refractivity contribution < 1.29 is 28.8 Å². The van der Waals surface area contributed by atoms with Gasteiger partial charge in [0, 0.05) is 0 Å². The van der Waals surface area contributed by atoms with Crippen molar-refractivity contribution in [1.82, 2.24) is 0 Å². The number of unbranched alkanes of at least 4 members (excludes halogenated alkanes) is 4. The molecule has 0 fully saturated rings. The van der Waals surface area contributed by atoms with E-state index in [0.717, 1.165) is 64.2 Å². The Morgan fingerprint density at radius 2 is 0.967 bits per heavy atom. The van der Waals surface area contributed by atoms with Crippen LogP contribution in [0.25, 0.3) is 0 Å². The Kier molecular flexibility index (Phi) is 13.8. The maximum Gasteiger partial charge on any atom is 0.550 e. The Morgan fingerprint density at radius 3 is 1.23 bits per heavy atom. The number of hydrogen-bond donors (Lipinski definition) is 0. The summed E-state index contributed by atoms with van der Waals surface area (Å²) in [6.45, 7) is 15.9. The van der Waals surface area contributed by atoms with E-state index in [-0.39, 0.29) is 11.8 Å². The predicted molar refractivity (Wildman–Crippen MR) is 119 cm³/mol. The molecule has 0 aliphatic carbocycles. The maximum absolute atomic E-state index is 12.1. The summed E-state index contributed by atoms with van der Waals surface area (Å²) >= 11 is 0. The summed E-state index contributed by atoms with van der Waals surface area (Å²) in [6.07, 6.45) is 8.42. The SMILES string of the molecule is CCCCCC(CC)C(C)(C)OC(=O)OOC(=O)OC(C)(C)C(CC)CCCCC. The van der Waals surface area contributed by atoms with Crippen LogP contribution in [0.2, 0.25) is 0 Å². The van der Waals surface area contributed by atoms with Gasteiger partial charge in [0.05, 0.1) is 0 Å². The van der Waals surface area contributed by atoms with Gasteiger partial charge in [0.2, 0.25) is 0 Å². The fourth-order valence-electron chi connectivity index (χ4n) is 4.07. The highest BCUT2D eigenvalue weighted by Crippen LogP contribution is 2.31. The van der Waals surface area contributed by atoms with Crippen LogP contribution in [0.1, 0.15) is 120 Å². The lowest BCUT2D eigenvalue weighted by Gasteiger charge is -2.33. The van der Waals surface area contributed by atoms with Crippen molar-refractivity contribution in [3.63, 3.8) is 0 Å². The number of carbonyl (C=O) groups is 2. The summed E-state index contributed by atoms with van der Waals surface area (Å²) in [6, 6.07) is 0. The molecule has 0 spiro atoms. The zero-order valence-electron chi connectivity index (χ0n) is 20.7. The summed E-state index contributed by atoms with van der Waals surface area (Å²) in [5, 5.41) is 0. The largest absolute Gasteiger partial charge is 0.550 e. The van der Waals surface area contributed by atoms with Gasteiger partial charge < -0.3 is 9.47 Å². The van der Waals surface area contributed by atoms with Gasteiger partial charge in [-0.05, 0) is 65.2 Å². The second-order valence-corrected chi connectivity index (χ2v) is 9.28. The molecule has 0 N–H and O–H groups in total. The van der Waals surface area contributed by atoms with Gasteiger partial charge in [-0.1, -0.05) is 66.2 Å². The second kappa shape index (κ2) is 14.5. The fourth-order valence-corrected chi connectivity index (χ4v) is 4.07. The molecule has 0 radical (unpaired) electrons. The van der Waals surface area contributed by atoms with E-state index in [2.05, 4.69) is 37.5 Å². The lowest BCUT2D eigenvalue weighted by Crippen LogP contribution is -2.38. The van der Waals surface area contributed by atoms with Crippen molar-refractivity contribution in [3.8, 4) is 0 Å². The highest BCUT2D eigenvalue weighted by atomic mass is 17.3. The van der Waals surface area contributed by atoms with Crippen LogP contribution in [-0.2, 0) is 19.2 Å². The van der Waals surface area contributed by atoms with Gasteiger partial charge in [-0.15, -0.1) is 0 Å². The Labute approximate surface area is 184 Å². The molecule has 2 unspecified atom stereocenters. The lowest BCUT2D eigenvalue weighted by molar-refractivity contribution is -0.238. The topological polar surface area (TPSA) is 71.1 Å². The molecule has 178 valence electrons. The first-order valence-corrected chi connectivity index (χ1v) is 11.8. The highest BCUT2D eigenvalue weighted by molar-refractivity contribution is 5.64. The van der Waals surface area contributed by atoms with Crippen molar-refractivity contribution in [2.75, 3.05) is 0 Å². The van der Waals surface area contributed by atoms with Gasteiger partial charge >= 0.3 is 12.3 Å². The normalized spacial score (nSPS) is 14.0. The molecule has 0 aliphatic rings. The zero-order valence-corrected chi connectivity index (χ0v) is 20.7. The molecule has 0 heterocycles. The zero-order chi connectivity index (χ0) is 23.2. The predicted octanol–water partition coefficient (Wildman–Crippen LogP) is 7.98. The highest BCUT2D eigenvalue weighted by Gasteiger charge is 2.35. The minimum Gasteiger partial charge on any atom is -0.425 e. The number of carbonyl (C=O) groups excluding carboxylic acids is 2. The van der Waals surface area contributed by atoms with E-state index in [9.17, 15) is 9.59 Å². The van der Waals surface area contributed by atoms with Gasteiger partial charge in [0.25, 0.3) is 0 Å². The molecule has 6 heteroatoms. The van der Waals surface area contributed by atoms with Crippen LogP contribution in [0.4, 0.5) is 9.59 Å². The van der Waals surface area contributed by atoms with Crippen LogP contribution in [0.15, 0.2) is 0 Å². The molecule has 0 rings (SSSR count). The monoisotopic (exact) mass is 430 g/mol. The van der Waals surface area contributed by atoms with E-state index in [4.69, 9.17) is 9.47 Å². The third kappa shape index (κ3) is 11.1. The molecule has 0 aromatic heterocycles. The van der Waals surface area contributed by atoms with E-state index in [1.807, 2.05) is 27.7 Å². The Balaban J connectivity index is 4.58. The van der Waals surface area contributed by atoms with Crippen molar-refractivity contribution in [2.24, 2.45) is 11.8 Å². The smallest absolute Gasteiger partial charge is 0.425 e. The molecular formula is C24H46O6. The summed E-state index contributed by atoms with van der Waals surface area (Å²) in [7, 11) is 0. The minimum atomic E-state index is -1.03. The average molecular weight is 431 g/mol. The van der Waals surface area contributed by atoms with Gasteiger partial charge in [0.15, 0.2) is 0 Å². The second-order valence-electron chi connectivity index (χ2n) is 9.28. The van der Waals surface area contributed by atoms with E-state index >= 15 is 0 Å². The molecule has 0 aliphatic heterocycles. The minimum absolute atomic E-state index is 0.205. The van der Waals surface area contributed by atoms with Crippen molar-refractivity contribution in [3.05, 3.63) is 0 Å². The first-order valence-electron chi connectivity index (χ1n) is 11.8. The molecule has 0 bridgehead atoms. The third-order valence-electron chi connectivity index (χ3n) is 6.13. The molecule has 0 saturated carbocycles. The van der Waals surface area contributed by atoms with Gasteiger partial charge in [-0.25, -0.2) is 0 Å². The third-order valence-corrected chi connectivity index (χ3v) is 6.13. The molecule has 0 saturated heterocycles. The molecule has 0 aromatic rings. The van der Waals surface area contributed by atoms with Crippen LogP contribution < -0.4 is 0 Å². The molecule has 30 heavy (non-hydrogen) atoms. The van der Waals surface area contributed by atoms with Crippen LogP contribution in [-0.4, -0.2) is 23.5 Å². The van der Waals surface area contributed by atoms with Crippen LogP contribution in [0.5, 0.6) is 0 Å². The quantitative estimate of drug-likeness (QED) is 0.120. The summed E-state index contributed by atoms with van der Waals surface area (Å²) in [5.41, 5.74) is -1.42. The standard InChI is InChI=1S/C24H46O6/c1-9-13-15-17-19(11-3)23(5,6)27-21(25)29-30-22(26)28-24(7,8)20(12-4)18-16-14-10-2/h19-20H,9-18H2,1-8H3. The molecule has 0 amide bonds. The Hall–Kier alpha value is -1.46. The van der Waals surface area contributed by atoms with Gasteiger partial charge in [-0.3, -0.25) is 0 Å². The number of hydrogen-bond acceptors (Lipinski definition) is 6. The number of ether oxygens (including phenoxy) is 2. The van der Waals surface area contributed by atoms with E-state index in [0.29, 0.717) is 0 Å². The van der Waals surface area contributed by atoms with Crippen molar-refractivity contribution in [2.45, 2.75) is 131 Å². The number of rotatable bonds is 14. The Morgan fingerprint density at radius 1 is 0.633 bits per heavy atom. The van der Waals surface area contributed by atoms with E-state index < -0.39 is 23.5 Å². The fraction of sp³-hybridized carbons (Fsp3) is 0.917. The molecule has 2 atom stereocenters. The average Bonchev–Trinajstić information content (AvgIpc) is 2.66. The van der Waals surface area contributed by atoms with Crippen LogP contribution in [0, 0.1) is 11.8 Å². The first kappa shape index (κ1) is 28.5. The van der Waals surface area contributed by atoms with E-state index in [1.54, 1.807) is 0 Å². The van der Waals surface area contributed by atoms with Crippen molar-refractivity contribution >= 4 is 12.3 Å². The van der Waals surface area contributed by atoms with Gasteiger partial charge in [0.1, 0.15) is 11.2 Å². The van der Waals surface area contributed by atoms with Crippen LogP contribution >= 0.6 is 0 Å². The molecule has 6 nitrogen and oxygen atoms in total. The van der Waals surface area contributed by atoms with Crippen molar-refractivity contribution in [1.29, 1.82) is 0 Å². The lowest BCUT2D eigenvalue weighted by atomic mass is 9.84. The Bertz CT molecular complexity index is 442. The summed E-state index contributed by atoms with van der Waals surface area (Å²) < 4.78 is 10.9. The van der Waals surface area contributed by atoms with Crippen LogP contribution in [0.3, 0.4) is 0 Å². The first-order chi connectivity index (χ1) is 14.0. The van der Waals surface area contributed by atoms with E-state index in [1.165, 1.54) is 0 Å². The molecular weight excluding hydrogens is 384 g/mol. The summed E-state index contributed by atoms with van der Waals surface area (Å²) in [4.78, 5) is 33.3. The maximum atomic E-state index is 12.1. The molecule has 0 aromatic carbocycles. The summed E-state index contributed by atoms with van der Waals surface area (Å²) in [5.74, 6) is 0.409.